The number of benzene rings is 1. The molecule has 16 heavy (non-hydrogen) atoms. The van der Waals surface area contributed by atoms with Gasteiger partial charge in [-0.3, -0.25) is 0 Å². The molecule has 0 aromatic heterocycles. The van der Waals surface area contributed by atoms with Crippen LogP contribution in [0.15, 0.2) is 24.3 Å². The maximum absolute atomic E-state index is 5.28. The van der Waals surface area contributed by atoms with Crippen molar-refractivity contribution in [3.8, 4) is 0 Å². The van der Waals surface area contributed by atoms with Crippen LogP contribution in [-0.2, 0) is 4.74 Å². The molecule has 1 aromatic carbocycles. The molecule has 0 spiro atoms. The molecule has 0 amide bonds. The summed E-state index contributed by atoms with van der Waals surface area (Å²) in [6.45, 7) is 4.45. The molecule has 1 aromatic rings. The first kappa shape index (κ1) is 11.5. The Morgan fingerprint density at radius 3 is 2.69 bits per heavy atom. The standard InChI is InChI=1S/C14H21NO/c1-10(2)11-5-4-6-12(7-11)15-13-8-14(9-13)16-3/h4-7,10,13-15H,8-9H2,1-3H3. The average molecular weight is 219 g/mol. The van der Waals surface area contributed by atoms with Gasteiger partial charge in [0, 0.05) is 18.8 Å². The molecule has 0 heterocycles. The van der Waals surface area contributed by atoms with Crippen LogP contribution in [0.5, 0.6) is 0 Å². The molecular formula is C14H21NO. The fourth-order valence-electron chi connectivity index (χ4n) is 2.10. The first-order valence-corrected chi connectivity index (χ1v) is 6.08. The molecule has 2 heteroatoms. The summed E-state index contributed by atoms with van der Waals surface area (Å²) in [7, 11) is 1.79. The van der Waals surface area contributed by atoms with Crippen molar-refractivity contribution in [3.05, 3.63) is 29.8 Å². The molecular weight excluding hydrogens is 198 g/mol. The van der Waals surface area contributed by atoms with Gasteiger partial charge in [0.15, 0.2) is 0 Å². The van der Waals surface area contributed by atoms with Crippen LogP contribution in [0.3, 0.4) is 0 Å². The first-order chi connectivity index (χ1) is 7.69. The molecule has 1 N–H and O–H groups in total. The van der Waals surface area contributed by atoms with Gasteiger partial charge in [0.05, 0.1) is 6.10 Å². The van der Waals surface area contributed by atoms with E-state index in [4.69, 9.17) is 4.74 Å². The van der Waals surface area contributed by atoms with Gasteiger partial charge < -0.3 is 10.1 Å². The lowest BCUT2D eigenvalue weighted by Crippen LogP contribution is -2.40. The number of ether oxygens (including phenoxy) is 1. The zero-order chi connectivity index (χ0) is 11.5. The van der Waals surface area contributed by atoms with E-state index < -0.39 is 0 Å². The molecule has 1 aliphatic rings. The van der Waals surface area contributed by atoms with E-state index in [2.05, 4.69) is 43.4 Å². The van der Waals surface area contributed by atoms with Crippen LogP contribution >= 0.6 is 0 Å². The van der Waals surface area contributed by atoms with Crippen molar-refractivity contribution in [1.82, 2.24) is 0 Å². The monoisotopic (exact) mass is 219 g/mol. The van der Waals surface area contributed by atoms with Gasteiger partial charge in [0.25, 0.3) is 0 Å². The molecule has 1 aliphatic carbocycles. The highest BCUT2D eigenvalue weighted by atomic mass is 16.5. The number of rotatable bonds is 4. The molecule has 1 saturated carbocycles. The normalized spacial score (nSPS) is 24.2. The number of anilines is 1. The molecule has 1 fully saturated rings. The van der Waals surface area contributed by atoms with Gasteiger partial charge in [-0.2, -0.15) is 0 Å². The van der Waals surface area contributed by atoms with Gasteiger partial charge in [-0.1, -0.05) is 26.0 Å². The molecule has 2 rings (SSSR count). The summed E-state index contributed by atoms with van der Waals surface area (Å²) in [5, 5.41) is 3.56. The van der Waals surface area contributed by atoms with Crippen LogP contribution in [0.4, 0.5) is 5.69 Å². The van der Waals surface area contributed by atoms with Gasteiger partial charge in [-0.05, 0) is 36.5 Å². The van der Waals surface area contributed by atoms with E-state index >= 15 is 0 Å². The Kier molecular flexibility index (Phi) is 3.49. The van der Waals surface area contributed by atoms with Crippen molar-refractivity contribution in [2.45, 2.75) is 44.8 Å². The highest BCUT2D eigenvalue weighted by Gasteiger charge is 2.28. The molecule has 0 radical (unpaired) electrons. The lowest BCUT2D eigenvalue weighted by atomic mass is 9.89. The third-order valence-corrected chi connectivity index (χ3v) is 3.35. The Hall–Kier alpha value is -1.02. The van der Waals surface area contributed by atoms with Crippen molar-refractivity contribution >= 4 is 5.69 Å². The van der Waals surface area contributed by atoms with Crippen molar-refractivity contribution in [2.24, 2.45) is 0 Å². The Labute approximate surface area is 98.0 Å². The van der Waals surface area contributed by atoms with E-state index in [1.54, 1.807) is 7.11 Å². The highest BCUT2D eigenvalue weighted by Crippen LogP contribution is 2.27. The van der Waals surface area contributed by atoms with Gasteiger partial charge in [0.2, 0.25) is 0 Å². The molecule has 0 atom stereocenters. The summed E-state index contributed by atoms with van der Waals surface area (Å²) >= 11 is 0. The Morgan fingerprint density at radius 2 is 2.06 bits per heavy atom. The summed E-state index contributed by atoms with van der Waals surface area (Å²) in [5.74, 6) is 0.592. The number of methoxy groups -OCH3 is 1. The van der Waals surface area contributed by atoms with Crippen LogP contribution in [0.25, 0.3) is 0 Å². The van der Waals surface area contributed by atoms with Gasteiger partial charge in [-0.15, -0.1) is 0 Å². The SMILES string of the molecule is COC1CC(Nc2cccc(C(C)C)c2)C1. The number of hydrogen-bond donors (Lipinski definition) is 1. The van der Waals surface area contributed by atoms with Crippen LogP contribution in [0, 0.1) is 0 Å². The second-order valence-electron chi connectivity index (χ2n) is 4.95. The van der Waals surface area contributed by atoms with Gasteiger partial charge >= 0.3 is 0 Å². The topological polar surface area (TPSA) is 21.3 Å². The van der Waals surface area contributed by atoms with Gasteiger partial charge in [0.1, 0.15) is 0 Å². The first-order valence-electron chi connectivity index (χ1n) is 6.08. The quantitative estimate of drug-likeness (QED) is 0.838. The van der Waals surface area contributed by atoms with Crippen molar-refractivity contribution < 1.29 is 4.74 Å². The largest absolute Gasteiger partial charge is 0.382 e. The minimum Gasteiger partial charge on any atom is -0.382 e. The summed E-state index contributed by atoms with van der Waals surface area (Å²) in [4.78, 5) is 0. The van der Waals surface area contributed by atoms with Crippen LogP contribution in [0.2, 0.25) is 0 Å². The second-order valence-corrected chi connectivity index (χ2v) is 4.95. The van der Waals surface area contributed by atoms with E-state index in [1.807, 2.05) is 0 Å². The van der Waals surface area contributed by atoms with Crippen molar-refractivity contribution in [3.63, 3.8) is 0 Å². The highest BCUT2D eigenvalue weighted by molar-refractivity contribution is 5.47. The predicted molar refractivity (Wildman–Crippen MR) is 68.0 cm³/mol. The van der Waals surface area contributed by atoms with Crippen LogP contribution < -0.4 is 5.32 Å². The molecule has 0 aliphatic heterocycles. The van der Waals surface area contributed by atoms with E-state index in [1.165, 1.54) is 11.3 Å². The number of nitrogens with one attached hydrogen (secondary N) is 1. The predicted octanol–water partition coefficient (Wildman–Crippen LogP) is 3.40. The Bertz CT molecular complexity index is 342. The minimum absolute atomic E-state index is 0.464. The second kappa shape index (κ2) is 4.88. The van der Waals surface area contributed by atoms with E-state index in [-0.39, 0.29) is 0 Å². The smallest absolute Gasteiger partial charge is 0.0610 e. The zero-order valence-electron chi connectivity index (χ0n) is 10.4. The molecule has 88 valence electrons. The summed E-state index contributed by atoms with van der Waals surface area (Å²) in [6.07, 6.45) is 2.72. The molecule has 0 bridgehead atoms. The third-order valence-electron chi connectivity index (χ3n) is 3.35. The Morgan fingerprint density at radius 1 is 1.31 bits per heavy atom. The lowest BCUT2D eigenvalue weighted by molar-refractivity contribution is 0.0329. The fraction of sp³-hybridized carbons (Fsp3) is 0.571. The third kappa shape index (κ3) is 2.56. The molecule has 0 unspecified atom stereocenters. The fourth-order valence-corrected chi connectivity index (χ4v) is 2.10. The maximum Gasteiger partial charge on any atom is 0.0610 e. The van der Waals surface area contributed by atoms with Crippen LogP contribution in [0.1, 0.15) is 38.2 Å². The van der Waals surface area contributed by atoms with E-state index in [0.717, 1.165) is 12.8 Å². The number of hydrogen-bond acceptors (Lipinski definition) is 2. The van der Waals surface area contributed by atoms with Crippen LogP contribution in [-0.4, -0.2) is 19.3 Å². The molecule has 0 saturated heterocycles. The van der Waals surface area contributed by atoms with Crippen molar-refractivity contribution in [2.75, 3.05) is 12.4 Å². The zero-order valence-corrected chi connectivity index (χ0v) is 10.4. The average Bonchev–Trinajstić information content (AvgIpc) is 2.23. The lowest BCUT2D eigenvalue weighted by Gasteiger charge is -2.35. The maximum atomic E-state index is 5.28. The van der Waals surface area contributed by atoms with E-state index in [9.17, 15) is 0 Å². The van der Waals surface area contributed by atoms with E-state index in [0.29, 0.717) is 18.1 Å². The van der Waals surface area contributed by atoms with Gasteiger partial charge in [-0.25, -0.2) is 0 Å². The Balaban J connectivity index is 1.92. The minimum atomic E-state index is 0.464. The summed E-state index contributed by atoms with van der Waals surface area (Å²) in [5.41, 5.74) is 2.64. The summed E-state index contributed by atoms with van der Waals surface area (Å²) in [6, 6.07) is 9.31. The summed E-state index contributed by atoms with van der Waals surface area (Å²) < 4.78 is 5.28. The molecule has 2 nitrogen and oxygen atoms in total. The van der Waals surface area contributed by atoms with Crippen molar-refractivity contribution in [1.29, 1.82) is 0 Å².